The van der Waals surface area contributed by atoms with E-state index in [2.05, 4.69) is 0 Å². The maximum Gasteiger partial charge on any atom is 0.326 e. The fourth-order valence-corrected chi connectivity index (χ4v) is 8.49. The highest BCUT2D eigenvalue weighted by atomic mass is 32.2. The number of thioether (sulfide) groups is 1. The standard InChI is InChI=1S/C27H22N2O6S4/c30-38(31,32)15-5-14-28-24(36-22-12-10-18-6-1-3-8-20(18)26(22)28)16-25-29(17-39(33,34)35)27-21-9-4-2-7-19(21)11-13-23(27)37-25/h1-4,6-13,16H,5,14-15,17H2,(H-,30,31,32,33,34,35)/p+1. The van der Waals surface area contributed by atoms with E-state index in [9.17, 15) is 25.9 Å². The van der Waals surface area contributed by atoms with Crippen molar-refractivity contribution in [3.63, 3.8) is 0 Å². The predicted molar refractivity (Wildman–Crippen MR) is 157 cm³/mol. The third-order valence-electron chi connectivity index (χ3n) is 6.55. The predicted octanol–water partition coefficient (Wildman–Crippen LogP) is 5.53. The molecule has 0 fully saturated rings. The van der Waals surface area contributed by atoms with Gasteiger partial charge in [-0.05, 0) is 35.4 Å². The van der Waals surface area contributed by atoms with E-state index in [0.29, 0.717) is 17.1 Å². The molecule has 200 valence electrons. The number of aromatic nitrogens is 1. The molecule has 0 aliphatic carbocycles. The van der Waals surface area contributed by atoms with Gasteiger partial charge >= 0.3 is 10.1 Å². The maximum absolute atomic E-state index is 12.1. The molecule has 8 nitrogen and oxygen atoms in total. The van der Waals surface area contributed by atoms with Crippen LogP contribution in [0.25, 0.3) is 37.8 Å². The fourth-order valence-electron chi connectivity index (χ4n) is 4.99. The second-order valence-corrected chi connectivity index (χ2v) is 14.3. The van der Waals surface area contributed by atoms with Gasteiger partial charge in [0.1, 0.15) is 4.70 Å². The van der Waals surface area contributed by atoms with Crippen LogP contribution in [0.3, 0.4) is 0 Å². The molecule has 12 heteroatoms. The number of hydrogen-bond acceptors (Lipinski definition) is 7. The minimum absolute atomic E-state index is 0.196. The van der Waals surface area contributed by atoms with Crippen LogP contribution in [-0.2, 0) is 26.1 Å². The Bertz CT molecular complexity index is 2020. The van der Waals surface area contributed by atoms with E-state index in [4.69, 9.17) is 0 Å². The quantitative estimate of drug-likeness (QED) is 0.185. The highest BCUT2D eigenvalue weighted by Crippen LogP contribution is 2.50. The first kappa shape index (κ1) is 26.2. The minimum atomic E-state index is -4.36. The summed E-state index contributed by atoms with van der Waals surface area (Å²) in [4.78, 5) is 3.01. The SMILES string of the molecule is O=S(=O)(O)CCCN1C(=Cc2sc3ccc4ccccc4c3[n+]2CS(=O)(=O)O)Sc2ccc3ccccc3c21. The molecular weight excluding hydrogens is 577 g/mol. The maximum atomic E-state index is 12.1. The van der Waals surface area contributed by atoms with Crippen molar-refractivity contribution in [2.24, 2.45) is 0 Å². The van der Waals surface area contributed by atoms with Gasteiger partial charge in [0.15, 0.2) is 0 Å². The van der Waals surface area contributed by atoms with Crippen LogP contribution in [0, 0.1) is 0 Å². The van der Waals surface area contributed by atoms with Crippen LogP contribution in [-0.4, -0.2) is 38.2 Å². The third-order valence-corrected chi connectivity index (χ3v) is 10.1. The molecule has 0 spiro atoms. The Hall–Kier alpha value is -3.00. The van der Waals surface area contributed by atoms with Crippen molar-refractivity contribution in [3.05, 3.63) is 82.8 Å². The molecule has 2 heterocycles. The molecule has 1 aliphatic rings. The average molecular weight is 600 g/mol. The first-order chi connectivity index (χ1) is 18.6. The van der Waals surface area contributed by atoms with E-state index in [-0.39, 0.29) is 12.2 Å². The smallest absolute Gasteiger partial charge is 0.326 e. The zero-order chi connectivity index (χ0) is 27.4. The van der Waals surface area contributed by atoms with Gasteiger partial charge in [0.05, 0.1) is 27.9 Å². The van der Waals surface area contributed by atoms with E-state index in [0.717, 1.165) is 41.9 Å². The summed E-state index contributed by atoms with van der Waals surface area (Å²) in [5.41, 5.74) is 1.65. The lowest BCUT2D eigenvalue weighted by molar-refractivity contribution is -0.648. The summed E-state index contributed by atoms with van der Waals surface area (Å²) in [5, 5.41) is 5.28. The molecule has 0 radical (unpaired) electrons. The zero-order valence-electron chi connectivity index (χ0n) is 20.4. The molecule has 39 heavy (non-hydrogen) atoms. The molecule has 1 aliphatic heterocycles. The van der Waals surface area contributed by atoms with Crippen molar-refractivity contribution in [1.29, 1.82) is 0 Å². The summed E-state index contributed by atoms with van der Waals surface area (Å²) < 4.78 is 68.8. The van der Waals surface area contributed by atoms with Gasteiger partial charge in [-0.2, -0.15) is 21.4 Å². The number of anilines is 1. The largest absolute Gasteiger partial charge is 0.334 e. The summed E-state index contributed by atoms with van der Waals surface area (Å²) in [7, 11) is -8.49. The van der Waals surface area contributed by atoms with Crippen LogP contribution >= 0.6 is 23.1 Å². The minimum Gasteiger partial charge on any atom is -0.334 e. The summed E-state index contributed by atoms with van der Waals surface area (Å²) in [6.07, 6.45) is 2.08. The highest BCUT2D eigenvalue weighted by molar-refractivity contribution is 8.04. The second-order valence-electron chi connectivity index (χ2n) is 9.22. The highest BCUT2D eigenvalue weighted by Gasteiger charge is 2.31. The molecule has 4 aromatic carbocycles. The van der Waals surface area contributed by atoms with Crippen molar-refractivity contribution >= 4 is 86.9 Å². The monoisotopic (exact) mass is 599 g/mol. The second kappa shape index (κ2) is 9.88. The van der Waals surface area contributed by atoms with Crippen LogP contribution < -0.4 is 9.47 Å². The fraction of sp³-hybridized carbons (Fsp3) is 0.148. The molecule has 0 saturated carbocycles. The Labute approximate surface area is 233 Å². The van der Waals surface area contributed by atoms with E-state index in [1.807, 2.05) is 83.8 Å². The lowest BCUT2D eigenvalue weighted by Gasteiger charge is -2.21. The number of fused-ring (bicyclic) bond motifs is 6. The van der Waals surface area contributed by atoms with E-state index >= 15 is 0 Å². The van der Waals surface area contributed by atoms with Gasteiger partial charge in [-0.1, -0.05) is 77.7 Å². The molecular formula is C27H23N2O6S4+. The first-order valence-electron chi connectivity index (χ1n) is 12.0. The van der Waals surface area contributed by atoms with E-state index in [1.54, 1.807) is 4.57 Å². The zero-order valence-corrected chi connectivity index (χ0v) is 23.7. The molecule has 6 rings (SSSR count). The Morgan fingerprint density at radius 1 is 0.821 bits per heavy atom. The molecule has 5 aromatic rings. The number of rotatable bonds is 7. The van der Waals surface area contributed by atoms with Crippen molar-refractivity contribution in [2.45, 2.75) is 17.2 Å². The summed E-state index contributed by atoms with van der Waals surface area (Å²) in [5.74, 6) is -0.984. The van der Waals surface area contributed by atoms with Gasteiger partial charge in [0, 0.05) is 16.8 Å². The molecule has 0 saturated heterocycles. The number of thiazole rings is 1. The lowest BCUT2D eigenvalue weighted by atomic mass is 10.1. The summed E-state index contributed by atoms with van der Waals surface area (Å²) in [6, 6.07) is 23.6. The Kier molecular flexibility index (Phi) is 6.64. The normalized spacial score (nSPS) is 15.1. The van der Waals surface area contributed by atoms with Gasteiger partial charge in [-0.25, -0.2) is 0 Å². The molecule has 1 aromatic heterocycles. The number of hydrogen-bond donors (Lipinski definition) is 2. The number of nitrogens with zero attached hydrogens (tertiary/aromatic N) is 2. The number of benzene rings is 4. The van der Waals surface area contributed by atoms with Gasteiger partial charge in [0.25, 0.3) is 21.0 Å². The molecule has 2 N–H and O–H groups in total. The van der Waals surface area contributed by atoms with Crippen molar-refractivity contribution in [2.75, 3.05) is 17.2 Å². The van der Waals surface area contributed by atoms with Crippen LogP contribution in [0.2, 0.25) is 0 Å². The van der Waals surface area contributed by atoms with Gasteiger partial charge in [-0.15, -0.1) is 0 Å². The molecule has 0 unspecified atom stereocenters. The first-order valence-corrected chi connectivity index (χ1v) is 16.9. The molecule has 0 bridgehead atoms. The average Bonchev–Trinajstić information content (AvgIpc) is 3.40. The van der Waals surface area contributed by atoms with Crippen molar-refractivity contribution < 1.29 is 30.5 Å². The Morgan fingerprint density at radius 3 is 2.21 bits per heavy atom. The topological polar surface area (TPSA) is 116 Å². The summed E-state index contributed by atoms with van der Waals surface area (Å²) >= 11 is 2.92. The Morgan fingerprint density at radius 2 is 1.49 bits per heavy atom. The van der Waals surface area contributed by atoms with Crippen molar-refractivity contribution in [3.8, 4) is 0 Å². The summed E-state index contributed by atoms with van der Waals surface area (Å²) in [6.45, 7) is 0.325. The molecule has 0 amide bonds. The van der Waals surface area contributed by atoms with Crippen LogP contribution in [0.5, 0.6) is 0 Å². The van der Waals surface area contributed by atoms with Crippen molar-refractivity contribution in [1.82, 2.24) is 0 Å². The van der Waals surface area contributed by atoms with Crippen LogP contribution in [0.15, 0.2) is 82.7 Å². The van der Waals surface area contributed by atoms with Gasteiger partial charge in [0.2, 0.25) is 5.52 Å². The van der Waals surface area contributed by atoms with Crippen LogP contribution in [0.4, 0.5) is 5.69 Å². The van der Waals surface area contributed by atoms with Gasteiger partial charge in [-0.3, -0.25) is 9.11 Å². The Balaban J connectivity index is 1.54. The van der Waals surface area contributed by atoms with Crippen LogP contribution in [0.1, 0.15) is 11.4 Å². The van der Waals surface area contributed by atoms with Gasteiger partial charge < -0.3 is 4.90 Å². The van der Waals surface area contributed by atoms with E-state index < -0.39 is 26.1 Å². The lowest BCUT2D eigenvalue weighted by Crippen LogP contribution is -2.39. The third kappa shape index (κ3) is 5.28. The van der Waals surface area contributed by atoms with E-state index in [1.165, 1.54) is 23.1 Å². The molecule has 0 atom stereocenters.